The van der Waals surface area contributed by atoms with Gasteiger partial charge in [0.2, 0.25) is 0 Å². The molecule has 0 radical (unpaired) electrons. The molecule has 0 unspecified atom stereocenters. The number of benzene rings is 1. The van der Waals surface area contributed by atoms with E-state index in [0.29, 0.717) is 0 Å². The van der Waals surface area contributed by atoms with E-state index in [0.717, 1.165) is 54.9 Å². The second-order valence-corrected chi connectivity index (χ2v) is 6.14. The molecule has 5 heteroatoms. The first-order valence-corrected chi connectivity index (χ1v) is 7.82. The molecule has 4 nitrogen and oxygen atoms in total. The molecule has 110 valence electrons. The van der Waals surface area contributed by atoms with Gasteiger partial charge in [-0.3, -0.25) is 9.69 Å². The van der Waals surface area contributed by atoms with Crippen molar-refractivity contribution >= 4 is 21.8 Å². The molecule has 0 spiro atoms. The van der Waals surface area contributed by atoms with Gasteiger partial charge >= 0.3 is 0 Å². The first kappa shape index (κ1) is 15.5. The average Bonchev–Trinajstić information content (AvgIpc) is 2.48. The minimum Gasteiger partial charge on any atom is -0.340 e. The molecule has 2 rings (SSSR count). The Morgan fingerprint density at radius 3 is 2.75 bits per heavy atom. The maximum Gasteiger partial charge on any atom is 0.253 e. The van der Waals surface area contributed by atoms with E-state index in [2.05, 4.69) is 26.1 Å². The normalized spacial score (nSPS) is 16.1. The molecule has 1 saturated heterocycles. The molecule has 1 N–H and O–H groups in total. The predicted molar refractivity (Wildman–Crippen MR) is 85.1 cm³/mol. The molecule has 1 aromatic carbocycles. The maximum atomic E-state index is 12.4. The molecule has 20 heavy (non-hydrogen) atoms. The van der Waals surface area contributed by atoms with Crippen LogP contribution < -0.4 is 5.32 Å². The molecule has 1 aromatic rings. The summed E-state index contributed by atoms with van der Waals surface area (Å²) in [7, 11) is 1.87. The highest BCUT2D eigenvalue weighted by atomic mass is 79.9. The summed E-state index contributed by atoms with van der Waals surface area (Å²) in [5.41, 5.74) is 1.88. The summed E-state index contributed by atoms with van der Waals surface area (Å²) in [4.78, 5) is 16.6. The topological polar surface area (TPSA) is 35.6 Å². The third-order valence-electron chi connectivity index (χ3n) is 3.73. The van der Waals surface area contributed by atoms with E-state index in [1.54, 1.807) is 4.90 Å². The van der Waals surface area contributed by atoms with Crippen molar-refractivity contribution in [1.29, 1.82) is 0 Å². The van der Waals surface area contributed by atoms with Gasteiger partial charge in [0.05, 0.1) is 0 Å². The van der Waals surface area contributed by atoms with E-state index in [-0.39, 0.29) is 5.91 Å². The lowest BCUT2D eigenvalue weighted by molar-refractivity contribution is 0.0775. The van der Waals surface area contributed by atoms with Crippen molar-refractivity contribution in [1.82, 2.24) is 15.1 Å². The van der Waals surface area contributed by atoms with Crippen LogP contribution in [0.4, 0.5) is 0 Å². The van der Waals surface area contributed by atoms with Gasteiger partial charge in [0.15, 0.2) is 0 Å². The molecular weight excluding hydrogens is 318 g/mol. The van der Waals surface area contributed by atoms with Gasteiger partial charge in [-0.2, -0.15) is 0 Å². The van der Waals surface area contributed by atoms with E-state index in [9.17, 15) is 4.79 Å². The second-order valence-electron chi connectivity index (χ2n) is 5.28. The number of carbonyl (C=O) groups is 1. The Hall–Kier alpha value is -0.910. The zero-order valence-electron chi connectivity index (χ0n) is 12.2. The largest absolute Gasteiger partial charge is 0.340 e. The molecule has 1 aliphatic heterocycles. The van der Waals surface area contributed by atoms with Crippen LogP contribution in [0.15, 0.2) is 22.7 Å². The van der Waals surface area contributed by atoms with Gasteiger partial charge < -0.3 is 10.2 Å². The van der Waals surface area contributed by atoms with E-state index >= 15 is 0 Å². The predicted octanol–water partition coefficient (Wildman–Crippen LogP) is 1.73. The van der Waals surface area contributed by atoms with Crippen LogP contribution in [-0.2, 0) is 0 Å². The molecule has 0 atom stereocenters. The molecule has 1 heterocycles. The number of carbonyl (C=O) groups excluding carboxylic acids is 1. The van der Waals surface area contributed by atoms with E-state index in [1.165, 1.54) is 0 Å². The Morgan fingerprint density at radius 1 is 1.40 bits per heavy atom. The summed E-state index contributed by atoms with van der Waals surface area (Å²) >= 11 is 3.48. The number of piperazine rings is 1. The van der Waals surface area contributed by atoms with E-state index in [1.807, 2.05) is 32.2 Å². The van der Waals surface area contributed by atoms with Gasteiger partial charge in [-0.15, -0.1) is 0 Å². The van der Waals surface area contributed by atoms with Crippen molar-refractivity contribution in [3.63, 3.8) is 0 Å². The van der Waals surface area contributed by atoms with Crippen LogP contribution in [0.3, 0.4) is 0 Å². The van der Waals surface area contributed by atoms with Crippen LogP contribution in [0.2, 0.25) is 0 Å². The lowest BCUT2D eigenvalue weighted by Crippen LogP contribution is -2.46. The van der Waals surface area contributed by atoms with Gasteiger partial charge in [-0.05, 0) is 24.6 Å². The van der Waals surface area contributed by atoms with Crippen LogP contribution in [0.5, 0.6) is 0 Å². The van der Waals surface area contributed by atoms with Crippen molar-refractivity contribution in [3.8, 4) is 0 Å². The summed E-state index contributed by atoms with van der Waals surface area (Å²) in [6, 6.07) is 5.77. The number of hydrogen-bond acceptors (Lipinski definition) is 3. The van der Waals surface area contributed by atoms with E-state index in [4.69, 9.17) is 0 Å². The highest BCUT2D eigenvalue weighted by Crippen LogP contribution is 2.18. The van der Waals surface area contributed by atoms with Gasteiger partial charge in [0, 0.05) is 56.4 Å². The summed E-state index contributed by atoms with van der Waals surface area (Å²) in [5.74, 6) is 0.0841. The Bertz CT molecular complexity index is 472. The van der Waals surface area contributed by atoms with Gasteiger partial charge in [-0.25, -0.2) is 0 Å². The van der Waals surface area contributed by atoms with Crippen molar-refractivity contribution in [3.05, 3.63) is 33.8 Å². The smallest absolute Gasteiger partial charge is 0.253 e. The molecule has 1 aliphatic rings. The standard InChI is InChI=1S/C15H22BrN3O/c1-12-3-4-13(11-14(12)16)15(20)18(2)9-10-19-7-5-17-6-8-19/h3-4,11,17H,5-10H2,1-2H3. The number of nitrogens with one attached hydrogen (secondary N) is 1. The zero-order valence-corrected chi connectivity index (χ0v) is 13.7. The van der Waals surface area contributed by atoms with Crippen LogP contribution in [0.25, 0.3) is 0 Å². The lowest BCUT2D eigenvalue weighted by Gasteiger charge is -2.29. The number of halogens is 1. The number of likely N-dealkylation sites (N-methyl/N-ethyl adjacent to an activating group) is 1. The summed E-state index contributed by atoms with van der Waals surface area (Å²) in [6.07, 6.45) is 0. The maximum absolute atomic E-state index is 12.4. The third-order valence-corrected chi connectivity index (χ3v) is 4.58. The van der Waals surface area contributed by atoms with Crippen LogP contribution in [-0.4, -0.2) is 62.0 Å². The Morgan fingerprint density at radius 2 is 2.10 bits per heavy atom. The number of amides is 1. The molecule has 1 amide bonds. The first-order valence-electron chi connectivity index (χ1n) is 7.02. The molecular formula is C15H22BrN3O. The quantitative estimate of drug-likeness (QED) is 0.907. The summed E-state index contributed by atoms with van der Waals surface area (Å²) < 4.78 is 0.985. The first-order chi connectivity index (χ1) is 9.58. The highest BCUT2D eigenvalue weighted by Gasteiger charge is 2.15. The second kappa shape index (κ2) is 7.20. The molecule has 0 bridgehead atoms. The fraction of sp³-hybridized carbons (Fsp3) is 0.533. The highest BCUT2D eigenvalue weighted by molar-refractivity contribution is 9.10. The molecule has 0 saturated carbocycles. The van der Waals surface area contributed by atoms with Crippen molar-refractivity contribution in [2.75, 3.05) is 46.3 Å². The number of aryl methyl sites for hydroxylation is 1. The Balaban J connectivity index is 1.89. The minimum atomic E-state index is 0.0841. The lowest BCUT2D eigenvalue weighted by atomic mass is 10.1. The molecule has 0 aromatic heterocycles. The van der Waals surface area contributed by atoms with Crippen LogP contribution in [0, 0.1) is 6.92 Å². The Labute approximate surface area is 129 Å². The van der Waals surface area contributed by atoms with Crippen molar-refractivity contribution in [2.45, 2.75) is 6.92 Å². The minimum absolute atomic E-state index is 0.0841. The fourth-order valence-electron chi connectivity index (χ4n) is 2.27. The van der Waals surface area contributed by atoms with Gasteiger partial charge in [0.25, 0.3) is 5.91 Å². The van der Waals surface area contributed by atoms with Crippen molar-refractivity contribution in [2.24, 2.45) is 0 Å². The summed E-state index contributed by atoms with van der Waals surface area (Å²) in [5, 5.41) is 3.34. The van der Waals surface area contributed by atoms with Crippen molar-refractivity contribution < 1.29 is 4.79 Å². The van der Waals surface area contributed by atoms with Crippen LogP contribution >= 0.6 is 15.9 Å². The Kier molecular flexibility index (Phi) is 5.57. The summed E-state index contributed by atoms with van der Waals surface area (Å²) in [6.45, 7) is 7.95. The monoisotopic (exact) mass is 339 g/mol. The van der Waals surface area contributed by atoms with Gasteiger partial charge in [0.1, 0.15) is 0 Å². The average molecular weight is 340 g/mol. The fourth-order valence-corrected chi connectivity index (χ4v) is 2.65. The number of rotatable bonds is 4. The molecule has 0 aliphatic carbocycles. The zero-order chi connectivity index (χ0) is 14.5. The molecule has 1 fully saturated rings. The van der Waals surface area contributed by atoms with Gasteiger partial charge in [-0.1, -0.05) is 22.0 Å². The number of nitrogens with zero attached hydrogens (tertiary/aromatic N) is 2. The number of hydrogen-bond donors (Lipinski definition) is 1. The van der Waals surface area contributed by atoms with Crippen LogP contribution in [0.1, 0.15) is 15.9 Å². The third kappa shape index (κ3) is 4.04. The van der Waals surface area contributed by atoms with E-state index < -0.39 is 0 Å². The SMILES string of the molecule is Cc1ccc(C(=O)N(C)CCN2CCNCC2)cc1Br.